The van der Waals surface area contributed by atoms with E-state index in [-0.39, 0.29) is 44.0 Å². The molecule has 0 unspecified atom stereocenters. The van der Waals surface area contributed by atoms with Crippen LogP contribution in [0.25, 0.3) is 0 Å². The minimum Gasteiger partial charge on any atom is -0.342 e. The van der Waals surface area contributed by atoms with Gasteiger partial charge >= 0.3 is 0 Å². The first-order chi connectivity index (χ1) is 19.7. The van der Waals surface area contributed by atoms with Gasteiger partial charge in [0.2, 0.25) is 17.7 Å². The molecule has 8 nitrogen and oxygen atoms in total. The second-order valence-corrected chi connectivity index (χ2v) is 10.7. The van der Waals surface area contributed by atoms with Crippen LogP contribution < -0.4 is 16.4 Å². The smallest absolute Gasteiger partial charge is 0.247 e. The molecule has 214 valence electrons. The Morgan fingerprint density at radius 3 is 2.32 bits per heavy atom. The van der Waals surface area contributed by atoms with Crippen LogP contribution in [0.4, 0.5) is 5.69 Å². The second kappa shape index (κ2) is 13.6. The van der Waals surface area contributed by atoms with E-state index in [1.54, 1.807) is 36.4 Å². The van der Waals surface area contributed by atoms with E-state index in [1.165, 1.54) is 4.90 Å². The number of carbonyl (C=O) groups excluding carboxylic acids is 4. The minimum atomic E-state index is -0.906. The number of ketones is 1. The lowest BCUT2D eigenvalue weighted by Crippen LogP contribution is -2.56. The molecular formula is C32H35ClN4O4. The number of nitrogens with zero attached hydrogens (tertiary/aromatic N) is 1. The summed E-state index contributed by atoms with van der Waals surface area (Å²) in [5.41, 5.74) is 10.5. The molecule has 0 spiro atoms. The third-order valence-corrected chi connectivity index (χ3v) is 8.01. The quantitative estimate of drug-likeness (QED) is 0.311. The van der Waals surface area contributed by atoms with Crippen molar-refractivity contribution in [3.05, 3.63) is 99.6 Å². The lowest BCUT2D eigenvalue weighted by atomic mass is 9.92. The van der Waals surface area contributed by atoms with E-state index in [1.807, 2.05) is 44.2 Å². The number of hydrogen-bond acceptors (Lipinski definition) is 5. The van der Waals surface area contributed by atoms with Gasteiger partial charge in [0.25, 0.3) is 0 Å². The normalized spacial score (nSPS) is 15.0. The number of hydrogen-bond donors (Lipinski definition) is 3. The van der Waals surface area contributed by atoms with Gasteiger partial charge in [-0.15, -0.1) is 0 Å². The molecule has 41 heavy (non-hydrogen) atoms. The Labute approximate surface area is 245 Å². The van der Waals surface area contributed by atoms with Crippen molar-refractivity contribution in [3.8, 4) is 0 Å². The molecule has 2 atom stereocenters. The molecule has 0 radical (unpaired) electrons. The van der Waals surface area contributed by atoms with Crippen LogP contribution in [0.15, 0.2) is 66.7 Å². The first-order valence-electron chi connectivity index (χ1n) is 13.7. The Morgan fingerprint density at radius 1 is 0.927 bits per heavy atom. The SMILES string of the molecule is Cc1c(Cl)ccc(NC(=O)[C@H](CCN)NC(=O)[C@@H]2Cc3ccccc3CN2C(=O)CCC(=O)c2ccccc2)c1C. The Morgan fingerprint density at radius 2 is 1.61 bits per heavy atom. The number of nitrogens with one attached hydrogen (secondary N) is 2. The van der Waals surface area contributed by atoms with Gasteiger partial charge in [-0.1, -0.05) is 66.2 Å². The topological polar surface area (TPSA) is 122 Å². The van der Waals surface area contributed by atoms with Gasteiger partial charge in [-0.25, -0.2) is 0 Å². The molecule has 0 saturated heterocycles. The molecule has 3 amide bonds. The highest BCUT2D eigenvalue weighted by molar-refractivity contribution is 6.31. The zero-order chi connectivity index (χ0) is 29.5. The summed E-state index contributed by atoms with van der Waals surface area (Å²) in [4.78, 5) is 54.5. The van der Waals surface area contributed by atoms with Crippen molar-refractivity contribution in [2.45, 2.75) is 58.2 Å². The first kappa shape index (κ1) is 30.0. The van der Waals surface area contributed by atoms with Crippen molar-refractivity contribution < 1.29 is 19.2 Å². The summed E-state index contributed by atoms with van der Waals surface area (Å²) in [6, 6.07) is 18.2. The average Bonchev–Trinajstić information content (AvgIpc) is 2.99. The zero-order valence-electron chi connectivity index (χ0n) is 23.3. The van der Waals surface area contributed by atoms with E-state index in [2.05, 4.69) is 10.6 Å². The molecule has 1 aliphatic heterocycles. The minimum absolute atomic E-state index is 0.0262. The number of benzene rings is 3. The lowest BCUT2D eigenvalue weighted by molar-refractivity contribution is -0.142. The van der Waals surface area contributed by atoms with Crippen molar-refractivity contribution in [2.24, 2.45) is 5.73 Å². The number of amides is 3. The fraction of sp³-hybridized carbons (Fsp3) is 0.312. The molecule has 0 aliphatic carbocycles. The van der Waals surface area contributed by atoms with E-state index < -0.39 is 23.9 Å². The van der Waals surface area contributed by atoms with Crippen molar-refractivity contribution in [2.75, 3.05) is 11.9 Å². The fourth-order valence-electron chi connectivity index (χ4n) is 5.00. The number of nitrogens with two attached hydrogens (primary N) is 1. The summed E-state index contributed by atoms with van der Waals surface area (Å²) in [6.45, 7) is 4.14. The number of anilines is 1. The summed E-state index contributed by atoms with van der Waals surface area (Å²) in [6.07, 6.45) is 0.522. The number of fused-ring (bicyclic) bond motifs is 1. The molecule has 1 heterocycles. The molecule has 1 aliphatic rings. The Bertz CT molecular complexity index is 1440. The van der Waals surface area contributed by atoms with Crippen LogP contribution in [0.5, 0.6) is 0 Å². The van der Waals surface area contributed by atoms with E-state index in [4.69, 9.17) is 17.3 Å². The fourth-order valence-corrected chi connectivity index (χ4v) is 5.20. The number of halogens is 1. The van der Waals surface area contributed by atoms with Crippen LogP contribution in [0.2, 0.25) is 5.02 Å². The molecular weight excluding hydrogens is 540 g/mol. The van der Waals surface area contributed by atoms with Gasteiger partial charge in [0.15, 0.2) is 5.78 Å². The van der Waals surface area contributed by atoms with E-state index in [9.17, 15) is 19.2 Å². The number of rotatable bonds is 10. The van der Waals surface area contributed by atoms with Crippen molar-refractivity contribution in [3.63, 3.8) is 0 Å². The predicted octanol–water partition coefficient (Wildman–Crippen LogP) is 4.35. The summed E-state index contributed by atoms with van der Waals surface area (Å²) >= 11 is 6.20. The Kier molecular flexibility index (Phi) is 9.91. The summed E-state index contributed by atoms with van der Waals surface area (Å²) in [7, 11) is 0. The molecule has 0 aromatic heterocycles. The molecule has 4 rings (SSSR count). The predicted molar refractivity (Wildman–Crippen MR) is 160 cm³/mol. The van der Waals surface area contributed by atoms with Crippen molar-refractivity contribution >= 4 is 40.8 Å². The standard InChI is InChI=1S/C32H35ClN4O4/c1-20-21(2)26(13-12-25(20)33)35-31(40)27(16-17-34)36-32(41)28-18-23-10-6-7-11-24(23)19-37(28)30(39)15-14-29(38)22-8-4-3-5-9-22/h3-13,27-28H,14-19,34H2,1-2H3,(H,35,40)(H,36,41)/t27-,28-/m0/s1. The molecule has 0 saturated carbocycles. The zero-order valence-corrected chi connectivity index (χ0v) is 24.0. The maximum absolute atomic E-state index is 13.7. The van der Waals surface area contributed by atoms with Gasteiger partial charge < -0.3 is 21.3 Å². The lowest BCUT2D eigenvalue weighted by Gasteiger charge is -2.36. The van der Waals surface area contributed by atoms with Crippen molar-refractivity contribution in [1.29, 1.82) is 0 Å². The maximum Gasteiger partial charge on any atom is 0.247 e. The number of Topliss-reactive ketones (excluding diaryl/α,β-unsaturated/α-hetero) is 1. The van der Waals surface area contributed by atoms with E-state index in [0.29, 0.717) is 22.7 Å². The highest BCUT2D eigenvalue weighted by Gasteiger charge is 2.36. The van der Waals surface area contributed by atoms with Crippen LogP contribution >= 0.6 is 11.6 Å². The van der Waals surface area contributed by atoms with Gasteiger partial charge in [0, 0.05) is 42.1 Å². The molecule has 0 fully saturated rings. The van der Waals surface area contributed by atoms with Gasteiger partial charge in [-0.05, 0) is 61.2 Å². The monoisotopic (exact) mass is 574 g/mol. The van der Waals surface area contributed by atoms with Gasteiger partial charge in [-0.3, -0.25) is 19.2 Å². The molecule has 4 N–H and O–H groups in total. The summed E-state index contributed by atoms with van der Waals surface area (Å²) < 4.78 is 0. The molecule has 3 aromatic carbocycles. The third-order valence-electron chi connectivity index (χ3n) is 7.60. The largest absolute Gasteiger partial charge is 0.342 e. The van der Waals surface area contributed by atoms with Crippen LogP contribution in [-0.4, -0.2) is 47.0 Å². The van der Waals surface area contributed by atoms with Gasteiger partial charge in [0.05, 0.1) is 0 Å². The third kappa shape index (κ3) is 7.20. The first-order valence-corrected chi connectivity index (χ1v) is 14.1. The maximum atomic E-state index is 13.7. The summed E-state index contributed by atoms with van der Waals surface area (Å²) in [5, 5.41) is 6.32. The van der Waals surface area contributed by atoms with Crippen LogP contribution in [0.1, 0.15) is 51.9 Å². The van der Waals surface area contributed by atoms with Crippen LogP contribution in [-0.2, 0) is 27.3 Å². The second-order valence-electron chi connectivity index (χ2n) is 10.3. The van der Waals surface area contributed by atoms with Gasteiger partial charge in [-0.2, -0.15) is 0 Å². The number of carbonyl (C=O) groups is 4. The van der Waals surface area contributed by atoms with Crippen LogP contribution in [0, 0.1) is 13.8 Å². The molecule has 3 aromatic rings. The Hall–Kier alpha value is -4.01. The van der Waals surface area contributed by atoms with E-state index in [0.717, 1.165) is 22.3 Å². The average molecular weight is 575 g/mol. The Balaban J connectivity index is 1.50. The molecule has 9 heteroatoms. The van der Waals surface area contributed by atoms with Crippen LogP contribution in [0.3, 0.4) is 0 Å². The molecule has 0 bridgehead atoms. The van der Waals surface area contributed by atoms with E-state index >= 15 is 0 Å². The van der Waals surface area contributed by atoms with Crippen molar-refractivity contribution in [1.82, 2.24) is 10.2 Å². The summed E-state index contributed by atoms with van der Waals surface area (Å²) in [5.74, 6) is -1.28. The highest BCUT2D eigenvalue weighted by Crippen LogP contribution is 2.27. The highest BCUT2D eigenvalue weighted by atomic mass is 35.5. The van der Waals surface area contributed by atoms with Gasteiger partial charge in [0.1, 0.15) is 12.1 Å².